The van der Waals surface area contributed by atoms with Crippen molar-refractivity contribution in [2.24, 2.45) is 4.99 Å². The predicted molar refractivity (Wildman–Crippen MR) is 135 cm³/mol. The Bertz CT molecular complexity index is 835. The number of pyridine rings is 1. The number of hydrogen-bond donors (Lipinski definition) is 2. The lowest BCUT2D eigenvalue weighted by molar-refractivity contribution is 0.0529. The van der Waals surface area contributed by atoms with Crippen LogP contribution >= 0.6 is 35.6 Å². The maximum atomic E-state index is 6.33. The summed E-state index contributed by atoms with van der Waals surface area (Å²) in [7, 11) is 0. The largest absolute Gasteiger partial charge is 0.375 e. The summed E-state index contributed by atoms with van der Waals surface area (Å²) in [6.07, 6.45) is 2.08. The van der Waals surface area contributed by atoms with Gasteiger partial charge in [0.25, 0.3) is 0 Å². The molecule has 2 N–H and O–H groups in total. The molecule has 1 aromatic carbocycles. The Morgan fingerprint density at radius 3 is 2.90 bits per heavy atom. The first-order valence-corrected chi connectivity index (χ1v) is 10.6. The third kappa shape index (κ3) is 6.99. The van der Waals surface area contributed by atoms with Gasteiger partial charge in [-0.05, 0) is 50.1 Å². The summed E-state index contributed by atoms with van der Waals surface area (Å²) in [5, 5.41) is 7.50. The number of ether oxygens (including phenoxy) is 1. The lowest BCUT2D eigenvalue weighted by Gasteiger charge is -2.32. The van der Waals surface area contributed by atoms with Crippen molar-refractivity contribution in [2.75, 3.05) is 31.1 Å². The molecule has 30 heavy (non-hydrogen) atoms. The van der Waals surface area contributed by atoms with Crippen molar-refractivity contribution in [1.82, 2.24) is 15.6 Å². The van der Waals surface area contributed by atoms with Crippen LogP contribution in [0.25, 0.3) is 0 Å². The molecular weight excluding hydrogens is 513 g/mol. The zero-order valence-electron chi connectivity index (χ0n) is 17.8. The topological polar surface area (TPSA) is 61.8 Å². The molecule has 0 amide bonds. The third-order valence-electron chi connectivity index (χ3n) is 4.86. The molecule has 0 spiro atoms. The molecule has 0 saturated carbocycles. The number of halogens is 2. The quantitative estimate of drug-likeness (QED) is 0.321. The van der Waals surface area contributed by atoms with E-state index in [0.29, 0.717) is 6.54 Å². The number of aromatic nitrogens is 1. The summed E-state index contributed by atoms with van der Waals surface area (Å²) in [5.41, 5.74) is 2.17. The average Bonchev–Trinajstić information content (AvgIpc) is 2.72. The summed E-state index contributed by atoms with van der Waals surface area (Å²) >= 11 is 6.33. The maximum Gasteiger partial charge on any atom is 0.192 e. The minimum absolute atomic E-state index is 0. The third-order valence-corrected chi connectivity index (χ3v) is 5.21. The van der Waals surface area contributed by atoms with E-state index < -0.39 is 0 Å². The van der Waals surface area contributed by atoms with Crippen molar-refractivity contribution in [2.45, 2.75) is 39.5 Å². The Morgan fingerprint density at radius 1 is 1.37 bits per heavy atom. The summed E-state index contributed by atoms with van der Waals surface area (Å²) in [6, 6.07) is 12.0. The van der Waals surface area contributed by atoms with Crippen molar-refractivity contribution in [3.8, 4) is 0 Å². The SMILES string of the molecule is CCNC(=NCc1ccnc(N2CCOC(C)C2)c1)NC(C)c1ccccc1Cl.I. The smallest absolute Gasteiger partial charge is 0.192 e. The van der Waals surface area contributed by atoms with Gasteiger partial charge in [-0.2, -0.15) is 0 Å². The average molecular weight is 544 g/mol. The molecule has 0 radical (unpaired) electrons. The van der Waals surface area contributed by atoms with E-state index in [4.69, 9.17) is 21.3 Å². The van der Waals surface area contributed by atoms with Crippen molar-refractivity contribution in [3.63, 3.8) is 0 Å². The fourth-order valence-electron chi connectivity index (χ4n) is 3.36. The molecule has 1 saturated heterocycles. The minimum Gasteiger partial charge on any atom is -0.375 e. The van der Waals surface area contributed by atoms with Crippen LogP contribution in [0.2, 0.25) is 5.02 Å². The van der Waals surface area contributed by atoms with Crippen molar-refractivity contribution < 1.29 is 4.74 Å². The molecule has 2 heterocycles. The van der Waals surface area contributed by atoms with Gasteiger partial charge < -0.3 is 20.3 Å². The molecule has 2 atom stereocenters. The van der Waals surface area contributed by atoms with Crippen LogP contribution in [0.3, 0.4) is 0 Å². The van der Waals surface area contributed by atoms with Gasteiger partial charge >= 0.3 is 0 Å². The molecule has 6 nitrogen and oxygen atoms in total. The first-order chi connectivity index (χ1) is 14.1. The Labute approximate surface area is 201 Å². The lowest BCUT2D eigenvalue weighted by atomic mass is 10.1. The van der Waals surface area contributed by atoms with Gasteiger partial charge in [-0.1, -0.05) is 29.8 Å². The van der Waals surface area contributed by atoms with Crippen LogP contribution < -0.4 is 15.5 Å². The standard InChI is InChI=1S/C22H30ClN5O.HI/c1-4-24-22(27-17(3)19-7-5-6-8-20(19)23)26-14-18-9-10-25-21(13-18)28-11-12-29-16(2)15-28;/h5-10,13,16-17H,4,11-12,14-15H2,1-3H3,(H2,24,26,27);1H. The molecule has 1 aliphatic heterocycles. The first kappa shape index (κ1) is 24.7. The summed E-state index contributed by atoms with van der Waals surface area (Å²) < 4.78 is 5.63. The van der Waals surface area contributed by atoms with E-state index in [9.17, 15) is 0 Å². The molecule has 1 aromatic heterocycles. The van der Waals surface area contributed by atoms with Gasteiger partial charge in [0.05, 0.1) is 25.3 Å². The van der Waals surface area contributed by atoms with Crippen LogP contribution in [-0.2, 0) is 11.3 Å². The van der Waals surface area contributed by atoms with Crippen LogP contribution in [0.15, 0.2) is 47.6 Å². The van der Waals surface area contributed by atoms with E-state index in [1.54, 1.807) is 0 Å². The number of guanidine groups is 1. The molecule has 8 heteroatoms. The van der Waals surface area contributed by atoms with Crippen molar-refractivity contribution >= 4 is 47.4 Å². The van der Waals surface area contributed by atoms with Gasteiger partial charge in [-0.3, -0.25) is 0 Å². The molecular formula is C22H31ClIN5O. The fourth-order valence-corrected chi connectivity index (χ4v) is 3.66. The Hall–Kier alpha value is -1.58. The molecule has 164 valence electrons. The number of anilines is 1. The summed E-state index contributed by atoms with van der Waals surface area (Å²) in [5.74, 6) is 1.74. The maximum absolute atomic E-state index is 6.33. The number of benzene rings is 1. The Kier molecular flexibility index (Phi) is 10.1. The molecule has 3 rings (SSSR count). The highest BCUT2D eigenvalue weighted by atomic mass is 127. The number of morpholine rings is 1. The van der Waals surface area contributed by atoms with E-state index >= 15 is 0 Å². The monoisotopic (exact) mass is 543 g/mol. The van der Waals surface area contributed by atoms with E-state index in [1.165, 1.54) is 0 Å². The number of nitrogens with one attached hydrogen (secondary N) is 2. The van der Waals surface area contributed by atoms with Crippen LogP contribution in [0.1, 0.15) is 37.9 Å². The predicted octanol–water partition coefficient (Wildman–Crippen LogP) is 4.39. The summed E-state index contributed by atoms with van der Waals surface area (Å²) in [6.45, 7) is 10.0. The Morgan fingerprint density at radius 2 is 2.17 bits per heavy atom. The zero-order chi connectivity index (χ0) is 20.6. The Balaban J connectivity index is 0.00000320. The second-order valence-electron chi connectivity index (χ2n) is 7.23. The second kappa shape index (κ2) is 12.3. The van der Waals surface area contributed by atoms with Gasteiger partial charge in [0.1, 0.15) is 5.82 Å². The highest BCUT2D eigenvalue weighted by molar-refractivity contribution is 14.0. The number of rotatable bonds is 6. The van der Waals surface area contributed by atoms with Gasteiger partial charge in [-0.25, -0.2) is 9.98 Å². The number of nitrogens with zero attached hydrogens (tertiary/aromatic N) is 3. The van der Waals surface area contributed by atoms with E-state index in [1.807, 2.05) is 36.5 Å². The molecule has 1 aliphatic rings. The highest BCUT2D eigenvalue weighted by Gasteiger charge is 2.18. The summed E-state index contributed by atoms with van der Waals surface area (Å²) in [4.78, 5) is 11.6. The van der Waals surface area contributed by atoms with Crippen molar-refractivity contribution in [1.29, 1.82) is 0 Å². The molecule has 1 fully saturated rings. The van der Waals surface area contributed by atoms with Crippen LogP contribution in [-0.4, -0.2) is 43.3 Å². The molecule has 2 unspecified atom stereocenters. The van der Waals surface area contributed by atoms with Gasteiger partial charge in [0.15, 0.2) is 5.96 Å². The normalized spacial score (nSPS) is 17.8. The van der Waals surface area contributed by atoms with Crippen molar-refractivity contribution in [3.05, 3.63) is 58.7 Å². The highest BCUT2D eigenvalue weighted by Crippen LogP contribution is 2.22. The number of aliphatic imine (C=N–C) groups is 1. The second-order valence-corrected chi connectivity index (χ2v) is 7.64. The minimum atomic E-state index is 0. The zero-order valence-corrected chi connectivity index (χ0v) is 20.9. The fraction of sp³-hybridized carbons (Fsp3) is 0.455. The number of hydrogen-bond acceptors (Lipinski definition) is 4. The van der Waals surface area contributed by atoms with Gasteiger partial charge in [-0.15, -0.1) is 24.0 Å². The first-order valence-electron chi connectivity index (χ1n) is 10.2. The van der Waals surface area contributed by atoms with E-state index in [-0.39, 0.29) is 36.1 Å². The van der Waals surface area contributed by atoms with Crippen LogP contribution in [0, 0.1) is 0 Å². The molecule has 0 aliphatic carbocycles. The van der Waals surface area contributed by atoms with E-state index in [0.717, 1.165) is 54.2 Å². The van der Waals surface area contributed by atoms with Crippen LogP contribution in [0.4, 0.5) is 5.82 Å². The van der Waals surface area contributed by atoms with Gasteiger partial charge in [0.2, 0.25) is 0 Å². The lowest BCUT2D eigenvalue weighted by Crippen LogP contribution is -2.41. The molecule has 0 bridgehead atoms. The van der Waals surface area contributed by atoms with E-state index in [2.05, 4.69) is 47.4 Å². The van der Waals surface area contributed by atoms with Crippen LogP contribution in [0.5, 0.6) is 0 Å². The molecule has 2 aromatic rings. The van der Waals surface area contributed by atoms with Gasteiger partial charge in [0, 0.05) is 30.9 Å².